The van der Waals surface area contributed by atoms with Crippen molar-refractivity contribution in [2.75, 3.05) is 5.73 Å². The molecule has 1 atom stereocenters. The third-order valence-corrected chi connectivity index (χ3v) is 7.67. The number of fused-ring (bicyclic) bond motifs is 1. The third-order valence-electron chi connectivity index (χ3n) is 6.96. The number of aryl methyl sites for hydroxylation is 1. The van der Waals surface area contributed by atoms with Gasteiger partial charge in [-0.3, -0.25) is 4.79 Å². The Hall–Kier alpha value is -2.83. The van der Waals surface area contributed by atoms with Gasteiger partial charge < -0.3 is 15.2 Å². The zero-order valence-electron chi connectivity index (χ0n) is 19.2. The summed E-state index contributed by atoms with van der Waals surface area (Å²) in [4.78, 5) is 16.0. The van der Waals surface area contributed by atoms with Gasteiger partial charge >= 0.3 is 0 Å². The summed E-state index contributed by atoms with van der Waals surface area (Å²) >= 11 is 12.4. The second kappa shape index (κ2) is 9.32. The highest BCUT2D eigenvalue weighted by Crippen LogP contribution is 2.43. The predicted octanol–water partition coefficient (Wildman–Crippen LogP) is 7.12. The second-order valence-corrected chi connectivity index (χ2v) is 10.1. The molecule has 0 radical (unpaired) electrons. The van der Waals surface area contributed by atoms with Gasteiger partial charge in [0.1, 0.15) is 29.1 Å². The monoisotopic (exact) mass is 514 g/mol. The average molecular weight is 515 g/mol. The van der Waals surface area contributed by atoms with E-state index in [1.165, 1.54) is 12.1 Å². The van der Waals surface area contributed by atoms with Crippen molar-refractivity contribution in [3.8, 4) is 22.6 Å². The van der Waals surface area contributed by atoms with Crippen molar-refractivity contribution >= 4 is 34.8 Å². The number of halogens is 3. The number of hydrogen-bond donors (Lipinski definition) is 1. The number of Topliss-reactive ketones (excluding diaryl/α,β-unsaturated/α-hetero) is 1. The Morgan fingerprint density at radius 1 is 1.09 bits per heavy atom. The summed E-state index contributed by atoms with van der Waals surface area (Å²) in [6, 6.07) is 10.5. The zero-order valence-corrected chi connectivity index (χ0v) is 20.8. The van der Waals surface area contributed by atoms with Gasteiger partial charge in [-0.1, -0.05) is 29.3 Å². The maximum absolute atomic E-state index is 14.0. The molecule has 0 saturated heterocycles. The Kier molecular flexibility index (Phi) is 6.36. The van der Waals surface area contributed by atoms with Crippen molar-refractivity contribution in [1.82, 2.24) is 4.98 Å². The molecule has 1 aliphatic heterocycles. The van der Waals surface area contributed by atoms with E-state index in [1.54, 1.807) is 19.2 Å². The van der Waals surface area contributed by atoms with Crippen molar-refractivity contribution in [1.29, 1.82) is 0 Å². The fourth-order valence-corrected chi connectivity index (χ4v) is 5.59. The highest BCUT2D eigenvalue weighted by molar-refractivity contribution is 6.36. The van der Waals surface area contributed by atoms with Gasteiger partial charge in [0.05, 0.1) is 5.02 Å². The lowest BCUT2D eigenvalue weighted by atomic mass is 9.78. The predicted molar refractivity (Wildman–Crippen MR) is 135 cm³/mol. The average Bonchev–Trinajstić information content (AvgIpc) is 2.85. The van der Waals surface area contributed by atoms with Crippen LogP contribution in [0.3, 0.4) is 0 Å². The molecule has 2 aliphatic rings. The first-order valence-corrected chi connectivity index (χ1v) is 12.4. The van der Waals surface area contributed by atoms with Crippen LogP contribution in [0, 0.1) is 5.82 Å². The third kappa shape index (κ3) is 4.69. The number of anilines is 1. The highest BCUT2D eigenvalue weighted by Gasteiger charge is 2.39. The van der Waals surface area contributed by atoms with E-state index < -0.39 is 11.9 Å². The largest absolute Gasteiger partial charge is 0.487 e. The Morgan fingerprint density at radius 3 is 2.60 bits per heavy atom. The molecule has 1 saturated carbocycles. The molecule has 35 heavy (non-hydrogen) atoms. The summed E-state index contributed by atoms with van der Waals surface area (Å²) < 4.78 is 26.4. The van der Waals surface area contributed by atoms with Crippen molar-refractivity contribution in [2.24, 2.45) is 0 Å². The van der Waals surface area contributed by atoms with Crippen LogP contribution in [0.2, 0.25) is 10.0 Å². The van der Waals surface area contributed by atoms with Gasteiger partial charge in [0, 0.05) is 35.2 Å². The standard InChI is InChI=1S/C27H25Cl2FN2O3/c1-15(24-20(28)3-4-21(30)25(24)29)34-23-13-18(14-32-26(23)31)16-2-5-22-17(12-16)6-9-27(35-22)10-7-19(33)8-11-27/h2-5,12-15H,6-11H2,1H3,(H2,31,32)/t15-/m1/s1. The number of aromatic nitrogens is 1. The molecule has 2 aromatic carbocycles. The molecule has 1 fully saturated rings. The molecule has 0 unspecified atom stereocenters. The molecule has 1 aliphatic carbocycles. The number of nitrogens with zero attached hydrogens (tertiary/aromatic N) is 1. The van der Waals surface area contributed by atoms with E-state index in [2.05, 4.69) is 11.1 Å². The molecule has 5 rings (SSSR count). The van der Waals surface area contributed by atoms with Crippen LogP contribution < -0.4 is 15.2 Å². The van der Waals surface area contributed by atoms with E-state index >= 15 is 0 Å². The minimum atomic E-state index is -0.652. The molecule has 182 valence electrons. The van der Waals surface area contributed by atoms with E-state index in [0.717, 1.165) is 48.1 Å². The van der Waals surface area contributed by atoms with Gasteiger partial charge in [-0.25, -0.2) is 9.37 Å². The van der Waals surface area contributed by atoms with Crippen LogP contribution in [-0.2, 0) is 11.2 Å². The van der Waals surface area contributed by atoms with Crippen molar-refractivity contribution in [2.45, 2.75) is 57.2 Å². The number of benzene rings is 2. The van der Waals surface area contributed by atoms with Crippen LogP contribution in [0.4, 0.5) is 10.2 Å². The van der Waals surface area contributed by atoms with E-state index in [-0.39, 0.29) is 16.4 Å². The Morgan fingerprint density at radius 2 is 1.83 bits per heavy atom. The maximum Gasteiger partial charge on any atom is 0.166 e. The van der Waals surface area contributed by atoms with Crippen LogP contribution in [-0.4, -0.2) is 16.4 Å². The zero-order chi connectivity index (χ0) is 24.7. The van der Waals surface area contributed by atoms with Crippen molar-refractivity contribution < 1.29 is 18.7 Å². The minimum Gasteiger partial charge on any atom is -0.487 e. The minimum absolute atomic E-state index is 0.0810. The molecule has 0 amide bonds. The van der Waals surface area contributed by atoms with Crippen LogP contribution >= 0.6 is 23.2 Å². The van der Waals surface area contributed by atoms with Crippen molar-refractivity contribution in [3.63, 3.8) is 0 Å². The van der Waals surface area contributed by atoms with Crippen LogP contribution in [0.25, 0.3) is 11.1 Å². The van der Waals surface area contributed by atoms with E-state index in [0.29, 0.717) is 35.0 Å². The molecule has 1 spiro atoms. The number of carbonyl (C=O) groups excluding carboxylic acids is 1. The van der Waals surface area contributed by atoms with Gasteiger partial charge in [0.2, 0.25) is 0 Å². The van der Waals surface area contributed by atoms with E-state index in [4.69, 9.17) is 38.4 Å². The number of carbonyl (C=O) groups is 1. The molecule has 8 heteroatoms. The highest BCUT2D eigenvalue weighted by atomic mass is 35.5. The molecule has 0 bridgehead atoms. The smallest absolute Gasteiger partial charge is 0.166 e. The number of pyridine rings is 1. The summed E-state index contributed by atoms with van der Waals surface area (Å²) in [6.07, 6.45) is 5.58. The van der Waals surface area contributed by atoms with Gasteiger partial charge in [0.15, 0.2) is 11.6 Å². The fraction of sp³-hybridized carbons (Fsp3) is 0.333. The van der Waals surface area contributed by atoms with E-state index in [9.17, 15) is 9.18 Å². The quantitative estimate of drug-likeness (QED) is 0.375. The van der Waals surface area contributed by atoms with Gasteiger partial charge in [-0.05, 0) is 74.1 Å². The van der Waals surface area contributed by atoms with Crippen LogP contribution in [0.15, 0.2) is 42.6 Å². The fourth-order valence-electron chi connectivity index (χ4n) is 4.91. The Labute approximate surface area is 213 Å². The Balaban J connectivity index is 1.39. The SMILES string of the molecule is C[C@@H](Oc1cc(-c2ccc3c(c2)CCC2(CCC(=O)CC2)O3)cnc1N)c1c(Cl)ccc(F)c1Cl. The first-order valence-electron chi connectivity index (χ1n) is 11.6. The molecular weight excluding hydrogens is 490 g/mol. The number of rotatable bonds is 4. The molecule has 2 N–H and O–H groups in total. The molecular formula is C27H25Cl2FN2O3. The topological polar surface area (TPSA) is 74.4 Å². The number of ketones is 1. The molecule has 1 aromatic heterocycles. The maximum atomic E-state index is 14.0. The molecule has 5 nitrogen and oxygen atoms in total. The Bertz CT molecular complexity index is 1300. The number of hydrogen-bond acceptors (Lipinski definition) is 5. The van der Waals surface area contributed by atoms with Crippen molar-refractivity contribution in [3.05, 3.63) is 69.6 Å². The summed E-state index contributed by atoms with van der Waals surface area (Å²) in [5.41, 5.74) is 9.11. The summed E-state index contributed by atoms with van der Waals surface area (Å²) in [5.74, 6) is 1.19. The van der Waals surface area contributed by atoms with Gasteiger partial charge in [0.25, 0.3) is 0 Å². The number of nitrogen functional groups attached to an aromatic ring is 1. The van der Waals surface area contributed by atoms with Gasteiger partial charge in [-0.15, -0.1) is 0 Å². The summed E-state index contributed by atoms with van der Waals surface area (Å²) in [7, 11) is 0. The number of ether oxygens (including phenoxy) is 2. The lowest BCUT2D eigenvalue weighted by Crippen LogP contribution is -2.43. The van der Waals surface area contributed by atoms with Gasteiger partial charge in [-0.2, -0.15) is 0 Å². The second-order valence-electron chi connectivity index (χ2n) is 9.27. The molecule has 3 aromatic rings. The summed E-state index contributed by atoms with van der Waals surface area (Å²) in [6.45, 7) is 1.73. The molecule has 2 heterocycles. The normalized spacial score (nSPS) is 17.5. The first kappa shape index (κ1) is 23.9. The van der Waals surface area contributed by atoms with Crippen LogP contribution in [0.5, 0.6) is 11.5 Å². The number of nitrogens with two attached hydrogens (primary N) is 1. The van der Waals surface area contributed by atoms with E-state index in [1.807, 2.05) is 12.1 Å². The lowest BCUT2D eigenvalue weighted by Gasteiger charge is -2.41. The lowest BCUT2D eigenvalue weighted by molar-refractivity contribution is -0.124. The first-order chi connectivity index (χ1) is 16.7. The summed E-state index contributed by atoms with van der Waals surface area (Å²) in [5, 5.41) is 0.226. The van der Waals surface area contributed by atoms with Crippen LogP contribution in [0.1, 0.15) is 56.3 Å².